The van der Waals surface area contributed by atoms with E-state index in [4.69, 9.17) is 5.73 Å². The highest BCUT2D eigenvalue weighted by Crippen LogP contribution is 2.21. The van der Waals surface area contributed by atoms with Crippen LogP contribution < -0.4 is 5.73 Å². The van der Waals surface area contributed by atoms with Gasteiger partial charge in [0.2, 0.25) is 0 Å². The molecule has 0 aliphatic heterocycles. The van der Waals surface area contributed by atoms with Crippen LogP contribution in [0, 0.1) is 6.92 Å². The van der Waals surface area contributed by atoms with E-state index < -0.39 is 0 Å². The van der Waals surface area contributed by atoms with Gasteiger partial charge in [0.25, 0.3) is 0 Å². The van der Waals surface area contributed by atoms with Crippen molar-refractivity contribution in [1.82, 2.24) is 0 Å². The maximum absolute atomic E-state index is 5.73. The Kier molecular flexibility index (Phi) is 2.23. The molecule has 0 fully saturated rings. The lowest BCUT2D eigenvalue weighted by Gasteiger charge is -2.02. The minimum Gasteiger partial charge on any atom is -0.399 e. The number of rotatable bonds is 1. The van der Waals surface area contributed by atoms with Gasteiger partial charge in [0, 0.05) is 5.69 Å². The summed E-state index contributed by atoms with van der Waals surface area (Å²) in [5, 5.41) is 0. The molecule has 2 aromatic carbocycles. The number of hydrogen-bond acceptors (Lipinski definition) is 1. The molecule has 0 heterocycles. The Morgan fingerprint density at radius 3 is 2.21 bits per heavy atom. The largest absolute Gasteiger partial charge is 0.399 e. The maximum atomic E-state index is 5.73. The van der Waals surface area contributed by atoms with Crippen LogP contribution in [-0.2, 0) is 0 Å². The second-order valence-corrected chi connectivity index (χ2v) is 3.49. The molecular weight excluding hydrogens is 170 g/mol. The maximum Gasteiger partial charge on any atom is 0.0320 e. The van der Waals surface area contributed by atoms with Gasteiger partial charge in [0.1, 0.15) is 0 Å². The van der Waals surface area contributed by atoms with Gasteiger partial charge in [0.05, 0.1) is 0 Å². The lowest BCUT2D eigenvalue weighted by molar-refractivity contribution is 1.47. The lowest BCUT2D eigenvalue weighted by Crippen LogP contribution is -1.84. The first kappa shape index (κ1) is 8.82. The van der Waals surface area contributed by atoms with E-state index in [0.29, 0.717) is 0 Å². The van der Waals surface area contributed by atoms with Crippen molar-refractivity contribution in [1.29, 1.82) is 0 Å². The zero-order valence-corrected chi connectivity index (χ0v) is 8.20. The summed E-state index contributed by atoms with van der Waals surface area (Å²) in [6.07, 6.45) is 0. The Bertz CT molecular complexity index is 429. The van der Waals surface area contributed by atoms with E-state index in [1.54, 1.807) is 0 Å². The molecule has 0 bridgehead atoms. The number of nitrogens with two attached hydrogens (primary N) is 1. The summed E-state index contributed by atoms with van der Waals surface area (Å²) < 4.78 is 0. The number of hydrogen-bond donors (Lipinski definition) is 1. The Morgan fingerprint density at radius 1 is 0.857 bits per heavy atom. The SMILES string of the molecule is Cc1ccc(-c2cccc(N)c2)cc1. The Morgan fingerprint density at radius 2 is 1.57 bits per heavy atom. The van der Waals surface area contributed by atoms with Crippen LogP contribution in [-0.4, -0.2) is 0 Å². The molecule has 70 valence electrons. The fourth-order valence-corrected chi connectivity index (χ4v) is 1.46. The molecule has 2 rings (SSSR count). The van der Waals surface area contributed by atoms with Crippen molar-refractivity contribution < 1.29 is 0 Å². The summed E-state index contributed by atoms with van der Waals surface area (Å²) >= 11 is 0. The van der Waals surface area contributed by atoms with Crippen molar-refractivity contribution in [2.75, 3.05) is 5.73 Å². The van der Waals surface area contributed by atoms with Crippen LogP contribution in [0.1, 0.15) is 5.56 Å². The van der Waals surface area contributed by atoms with Crippen molar-refractivity contribution in [3.8, 4) is 11.1 Å². The number of anilines is 1. The zero-order chi connectivity index (χ0) is 9.97. The third kappa shape index (κ3) is 1.77. The molecule has 2 N–H and O–H groups in total. The summed E-state index contributed by atoms with van der Waals surface area (Å²) in [5.41, 5.74) is 10.2. The first-order valence-corrected chi connectivity index (χ1v) is 4.68. The van der Waals surface area contributed by atoms with Gasteiger partial charge in [-0.1, -0.05) is 42.0 Å². The molecule has 1 nitrogen and oxygen atoms in total. The molecule has 2 aromatic rings. The predicted molar refractivity (Wildman–Crippen MR) is 61.0 cm³/mol. The molecule has 0 radical (unpaired) electrons. The molecule has 0 unspecified atom stereocenters. The fraction of sp³-hybridized carbons (Fsp3) is 0.0769. The van der Waals surface area contributed by atoms with Gasteiger partial charge >= 0.3 is 0 Å². The van der Waals surface area contributed by atoms with Gasteiger partial charge in [-0.2, -0.15) is 0 Å². The highest BCUT2D eigenvalue weighted by molar-refractivity contribution is 5.67. The van der Waals surface area contributed by atoms with Gasteiger partial charge in [-0.15, -0.1) is 0 Å². The van der Waals surface area contributed by atoms with Crippen LogP contribution in [0.15, 0.2) is 48.5 Å². The molecular formula is C13H13N. The average molecular weight is 183 g/mol. The topological polar surface area (TPSA) is 26.0 Å². The summed E-state index contributed by atoms with van der Waals surface area (Å²) in [5.74, 6) is 0. The molecule has 0 aromatic heterocycles. The summed E-state index contributed by atoms with van der Waals surface area (Å²) in [6.45, 7) is 2.09. The molecule has 1 heteroatoms. The Balaban J connectivity index is 2.44. The van der Waals surface area contributed by atoms with E-state index in [9.17, 15) is 0 Å². The second-order valence-electron chi connectivity index (χ2n) is 3.49. The third-order valence-corrected chi connectivity index (χ3v) is 2.27. The van der Waals surface area contributed by atoms with Gasteiger partial charge in [-0.05, 0) is 30.2 Å². The first-order chi connectivity index (χ1) is 6.75. The molecule has 0 saturated carbocycles. The molecule has 0 atom stereocenters. The van der Waals surface area contributed by atoms with E-state index in [-0.39, 0.29) is 0 Å². The summed E-state index contributed by atoms with van der Waals surface area (Å²) in [6, 6.07) is 16.4. The van der Waals surface area contributed by atoms with E-state index in [1.165, 1.54) is 16.7 Å². The number of aryl methyl sites for hydroxylation is 1. The monoisotopic (exact) mass is 183 g/mol. The van der Waals surface area contributed by atoms with Crippen molar-refractivity contribution in [2.24, 2.45) is 0 Å². The molecule has 0 amide bonds. The number of benzene rings is 2. The van der Waals surface area contributed by atoms with Crippen LogP contribution in [0.25, 0.3) is 11.1 Å². The Hall–Kier alpha value is -1.76. The summed E-state index contributed by atoms with van der Waals surface area (Å²) in [4.78, 5) is 0. The van der Waals surface area contributed by atoms with E-state index in [0.717, 1.165) is 5.69 Å². The van der Waals surface area contributed by atoms with Gasteiger partial charge in [0.15, 0.2) is 0 Å². The second kappa shape index (κ2) is 3.54. The average Bonchev–Trinajstić information content (AvgIpc) is 2.19. The molecule has 14 heavy (non-hydrogen) atoms. The van der Waals surface area contributed by atoms with Crippen LogP contribution in [0.5, 0.6) is 0 Å². The normalized spacial score (nSPS) is 10.1. The molecule has 0 saturated heterocycles. The van der Waals surface area contributed by atoms with E-state index in [1.807, 2.05) is 18.2 Å². The van der Waals surface area contributed by atoms with Gasteiger partial charge < -0.3 is 5.73 Å². The van der Waals surface area contributed by atoms with Gasteiger partial charge in [-0.3, -0.25) is 0 Å². The van der Waals surface area contributed by atoms with Crippen molar-refractivity contribution in [3.05, 3.63) is 54.1 Å². The van der Waals surface area contributed by atoms with Crippen LogP contribution in [0.4, 0.5) is 5.69 Å². The lowest BCUT2D eigenvalue weighted by atomic mass is 10.0. The predicted octanol–water partition coefficient (Wildman–Crippen LogP) is 3.24. The van der Waals surface area contributed by atoms with Crippen LogP contribution >= 0.6 is 0 Å². The molecule has 0 aliphatic carbocycles. The highest BCUT2D eigenvalue weighted by Gasteiger charge is 1.96. The van der Waals surface area contributed by atoms with Crippen LogP contribution in [0.2, 0.25) is 0 Å². The molecule has 0 spiro atoms. The smallest absolute Gasteiger partial charge is 0.0320 e. The number of nitrogen functional groups attached to an aromatic ring is 1. The minimum absolute atomic E-state index is 0.808. The van der Waals surface area contributed by atoms with E-state index in [2.05, 4.69) is 37.3 Å². The quantitative estimate of drug-likeness (QED) is 0.675. The fourth-order valence-electron chi connectivity index (χ4n) is 1.46. The Labute approximate surface area is 84.2 Å². The van der Waals surface area contributed by atoms with Crippen molar-refractivity contribution in [2.45, 2.75) is 6.92 Å². The van der Waals surface area contributed by atoms with Gasteiger partial charge in [-0.25, -0.2) is 0 Å². The standard InChI is InChI=1S/C13H13N/c1-10-5-7-11(8-6-10)12-3-2-4-13(14)9-12/h2-9H,14H2,1H3. The molecule has 0 aliphatic rings. The van der Waals surface area contributed by atoms with Crippen molar-refractivity contribution in [3.63, 3.8) is 0 Å². The minimum atomic E-state index is 0.808. The van der Waals surface area contributed by atoms with Crippen molar-refractivity contribution >= 4 is 5.69 Å². The summed E-state index contributed by atoms with van der Waals surface area (Å²) in [7, 11) is 0. The zero-order valence-electron chi connectivity index (χ0n) is 8.20. The van der Waals surface area contributed by atoms with Crippen LogP contribution in [0.3, 0.4) is 0 Å². The van der Waals surface area contributed by atoms with E-state index >= 15 is 0 Å². The third-order valence-electron chi connectivity index (χ3n) is 2.27. The highest BCUT2D eigenvalue weighted by atomic mass is 14.5. The first-order valence-electron chi connectivity index (χ1n) is 4.68.